The number of carbonyl (C=O) groups is 2. The molecule has 0 aliphatic carbocycles. The maximum atomic E-state index is 12.4. The van der Waals surface area contributed by atoms with E-state index in [0.717, 1.165) is 4.47 Å². The molecule has 0 unspecified atom stereocenters. The molecule has 7 nitrogen and oxygen atoms in total. The summed E-state index contributed by atoms with van der Waals surface area (Å²) in [4.78, 5) is 28.9. The van der Waals surface area contributed by atoms with Crippen molar-refractivity contribution in [3.05, 3.63) is 63.6 Å². The van der Waals surface area contributed by atoms with Crippen LogP contribution in [-0.4, -0.2) is 23.6 Å². The quantitative estimate of drug-likeness (QED) is 0.600. The zero-order valence-corrected chi connectivity index (χ0v) is 16.8. The molecule has 0 radical (unpaired) electrons. The van der Waals surface area contributed by atoms with Gasteiger partial charge in [-0.15, -0.1) is 11.3 Å². The number of anilines is 2. The van der Waals surface area contributed by atoms with Crippen LogP contribution in [0.5, 0.6) is 11.5 Å². The summed E-state index contributed by atoms with van der Waals surface area (Å²) >= 11 is 4.63. The Hall–Kier alpha value is -2.91. The number of hydrogen-bond acceptors (Lipinski definition) is 6. The minimum Gasteiger partial charge on any atom is -0.454 e. The largest absolute Gasteiger partial charge is 0.454 e. The second kappa shape index (κ2) is 7.99. The highest BCUT2D eigenvalue weighted by molar-refractivity contribution is 9.10. The van der Waals surface area contributed by atoms with Crippen molar-refractivity contribution < 1.29 is 19.1 Å². The van der Waals surface area contributed by atoms with Gasteiger partial charge >= 0.3 is 0 Å². The van der Waals surface area contributed by atoms with Gasteiger partial charge in [0, 0.05) is 21.1 Å². The molecule has 2 heterocycles. The zero-order chi connectivity index (χ0) is 19.5. The Bertz CT molecular complexity index is 1050. The fourth-order valence-corrected chi connectivity index (χ4v) is 3.69. The molecule has 2 aromatic carbocycles. The van der Waals surface area contributed by atoms with E-state index in [1.54, 1.807) is 29.6 Å². The van der Waals surface area contributed by atoms with Crippen molar-refractivity contribution in [2.75, 3.05) is 17.4 Å². The molecule has 0 atom stereocenters. The average molecular weight is 460 g/mol. The number of carbonyl (C=O) groups excluding carboxylic acids is 2. The van der Waals surface area contributed by atoms with E-state index in [1.807, 2.05) is 18.2 Å². The van der Waals surface area contributed by atoms with Crippen molar-refractivity contribution >= 4 is 49.9 Å². The molecule has 2 amide bonds. The van der Waals surface area contributed by atoms with Crippen LogP contribution in [0.15, 0.2) is 52.3 Å². The highest BCUT2D eigenvalue weighted by Crippen LogP contribution is 2.32. The number of ether oxygens (including phenoxy) is 2. The van der Waals surface area contributed by atoms with E-state index < -0.39 is 0 Å². The van der Waals surface area contributed by atoms with Crippen LogP contribution in [0.1, 0.15) is 16.1 Å². The van der Waals surface area contributed by atoms with Crippen LogP contribution in [0, 0.1) is 0 Å². The van der Waals surface area contributed by atoms with Crippen molar-refractivity contribution in [2.24, 2.45) is 0 Å². The lowest BCUT2D eigenvalue weighted by molar-refractivity contribution is -0.115. The number of thiazole rings is 1. The number of nitrogens with zero attached hydrogens (tertiary/aromatic N) is 1. The molecule has 0 bridgehead atoms. The van der Waals surface area contributed by atoms with Gasteiger partial charge in [0.1, 0.15) is 0 Å². The summed E-state index contributed by atoms with van der Waals surface area (Å²) in [6.45, 7) is 0.151. The number of nitrogens with one attached hydrogen (secondary N) is 2. The van der Waals surface area contributed by atoms with Crippen LogP contribution in [0.25, 0.3) is 0 Å². The summed E-state index contributed by atoms with van der Waals surface area (Å²) in [6.07, 6.45) is 0.114. The predicted octanol–water partition coefficient (Wildman–Crippen LogP) is 4.07. The molecule has 2 N–H and O–H groups in total. The van der Waals surface area contributed by atoms with Gasteiger partial charge in [-0.2, -0.15) is 0 Å². The number of benzene rings is 2. The van der Waals surface area contributed by atoms with Gasteiger partial charge in [-0.05, 0) is 36.4 Å². The fourth-order valence-electron chi connectivity index (χ4n) is 2.59. The van der Waals surface area contributed by atoms with E-state index >= 15 is 0 Å². The minimum atomic E-state index is -0.308. The molecule has 3 aromatic rings. The lowest BCUT2D eigenvalue weighted by atomic mass is 10.2. The average Bonchev–Trinajstić information content (AvgIpc) is 3.30. The molecule has 142 valence electrons. The van der Waals surface area contributed by atoms with Crippen molar-refractivity contribution in [1.29, 1.82) is 0 Å². The van der Waals surface area contributed by atoms with Crippen LogP contribution < -0.4 is 20.1 Å². The van der Waals surface area contributed by atoms with E-state index in [4.69, 9.17) is 9.47 Å². The SMILES string of the molecule is O=C(Cc1csc(NC(=O)c2ccc3c(c2)OCO3)n1)Nc1cccc(Br)c1. The molecule has 1 aliphatic heterocycles. The van der Waals surface area contributed by atoms with E-state index in [-0.39, 0.29) is 25.0 Å². The fraction of sp³-hybridized carbons (Fsp3) is 0.105. The first-order valence-electron chi connectivity index (χ1n) is 8.28. The van der Waals surface area contributed by atoms with Gasteiger partial charge in [0.15, 0.2) is 16.6 Å². The molecule has 0 fully saturated rings. The first kappa shape index (κ1) is 18.5. The molecule has 9 heteroatoms. The summed E-state index contributed by atoms with van der Waals surface area (Å²) in [6, 6.07) is 12.3. The van der Waals surface area contributed by atoms with Crippen molar-refractivity contribution in [2.45, 2.75) is 6.42 Å². The Morgan fingerprint density at radius 1 is 1.11 bits per heavy atom. The maximum Gasteiger partial charge on any atom is 0.257 e. The van der Waals surface area contributed by atoms with Crippen LogP contribution in [0.3, 0.4) is 0 Å². The summed E-state index contributed by atoms with van der Waals surface area (Å²) in [5.41, 5.74) is 1.72. The van der Waals surface area contributed by atoms with Gasteiger partial charge in [-0.25, -0.2) is 4.98 Å². The summed E-state index contributed by atoms with van der Waals surface area (Å²) in [5.74, 6) is 0.663. The molecule has 0 spiro atoms. The van der Waals surface area contributed by atoms with Gasteiger partial charge < -0.3 is 14.8 Å². The van der Waals surface area contributed by atoms with Crippen molar-refractivity contribution in [3.63, 3.8) is 0 Å². The monoisotopic (exact) mass is 459 g/mol. The molecule has 1 aliphatic rings. The molecule has 0 saturated heterocycles. The minimum absolute atomic E-state index is 0.114. The molecule has 4 rings (SSSR count). The molecular weight excluding hydrogens is 446 g/mol. The van der Waals surface area contributed by atoms with Crippen molar-refractivity contribution in [1.82, 2.24) is 4.98 Å². The summed E-state index contributed by atoms with van der Waals surface area (Å²) in [5, 5.41) is 7.72. The Labute approximate surface area is 172 Å². The molecule has 28 heavy (non-hydrogen) atoms. The van der Waals surface area contributed by atoms with E-state index in [0.29, 0.717) is 33.6 Å². The Morgan fingerprint density at radius 3 is 2.82 bits per heavy atom. The summed E-state index contributed by atoms with van der Waals surface area (Å²) < 4.78 is 11.4. The second-order valence-electron chi connectivity index (χ2n) is 5.90. The standard InChI is InChI=1S/C19H14BrN3O4S/c20-12-2-1-3-13(7-12)21-17(24)8-14-9-28-19(22-14)23-18(25)11-4-5-15-16(6-11)27-10-26-15/h1-7,9H,8,10H2,(H,21,24)(H,22,23,25). The third kappa shape index (κ3) is 4.32. The van der Waals surface area contributed by atoms with E-state index in [1.165, 1.54) is 11.3 Å². The first-order valence-corrected chi connectivity index (χ1v) is 9.95. The van der Waals surface area contributed by atoms with Crippen LogP contribution >= 0.6 is 27.3 Å². The van der Waals surface area contributed by atoms with Gasteiger partial charge in [-0.3, -0.25) is 14.9 Å². The highest BCUT2D eigenvalue weighted by Gasteiger charge is 2.17. The number of amides is 2. The number of hydrogen-bond donors (Lipinski definition) is 2. The highest BCUT2D eigenvalue weighted by atomic mass is 79.9. The number of rotatable bonds is 5. The number of fused-ring (bicyclic) bond motifs is 1. The topological polar surface area (TPSA) is 89.6 Å². The lowest BCUT2D eigenvalue weighted by Crippen LogP contribution is -2.15. The molecule has 0 saturated carbocycles. The second-order valence-corrected chi connectivity index (χ2v) is 7.68. The smallest absolute Gasteiger partial charge is 0.257 e. The molecular formula is C19H14BrN3O4S. The lowest BCUT2D eigenvalue weighted by Gasteiger charge is -2.04. The Morgan fingerprint density at radius 2 is 1.96 bits per heavy atom. The van der Waals surface area contributed by atoms with Gasteiger partial charge in [0.25, 0.3) is 5.91 Å². The normalized spacial score (nSPS) is 11.9. The van der Waals surface area contributed by atoms with E-state index in [2.05, 4.69) is 31.5 Å². The van der Waals surface area contributed by atoms with Crippen LogP contribution in [0.4, 0.5) is 10.8 Å². The maximum absolute atomic E-state index is 12.4. The third-order valence-corrected chi connectivity index (χ3v) is 5.16. The zero-order valence-electron chi connectivity index (χ0n) is 14.4. The Kier molecular flexibility index (Phi) is 5.27. The number of halogens is 1. The Balaban J connectivity index is 1.36. The number of aromatic nitrogens is 1. The van der Waals surface area contributed by atoms with E-state index in [9.17, 15) is 9.59 Å². The first-order chi connectivity index (χ1) is 13.6. The summed E-state index contributed by atoms with van der Waals surface area (Å²) in [7, 11) is 0. The third-order valence-electron chi connectivity index (χ3n) is 3.86. The van der Waals surface area contributed by atoms with Gasteiger partial charge in [0.2, 0.25) is 12.7 Å². The predicted molar refractivity (Wildman–Crippen MR) is 109 cm³/mol. The van der Waals surface area contributed by atoms with Crippen LogP contribution in [0.2, 0.25) is 0 Å². The van der Waals surface area contributed by atoms with Gasteiger partial charge in [-0.1, -0.05) is 22.0 Å². The molecule has 1 aromatic heterocycles. The van der Waals surface area contributed by atoms with Gasteiger partial charge in [0.05, 0.1) is 12.1 Å². The van der Waals surface area contributed by atoms with Crippen LogP contribution in [-0.2, 0) is 11.2 Å². The van der Waals surface area contributed by atoms with Crippen molar-refractivity contribution in [3.8, 4) is 11.5 Å².